The molecule has 1 amide bonds. The molecule has 3 rings (SSSR count). The maximum Gasteiger partial charge on any atom is 0.227 e. The molecule has 5 heteroatoms. The molecule has 0 saturated carbocycles. The molecule has 116 valence electrons. The molecule has 1 aromatic rings. The van der Waals surface area contributed by atoms with E-state index in [1.54, 1.807) is 7.11 Å². The molecule has 2 radical (unpaired) electrons. The van der Waals surface area contributed by atoms with E-state index in [0.29, 0.717) is 25.5 Å². The van der Waals surface area contributed by atoms with Crippen LogP contribution in [-0.4, -0.2) is 52.1 Å². The van der Waals surface area contributed by atoms with Crippen LogP contribution in [0.4, 0.5) is 5.69 Å². The molecule has 0 saturated heterocycles. The summed E-state index contributed by atoms with van der Waals surface area (Å²) >= 11 is 0. The molecule has 0 N–H and O–H groups in total. The minimum absolute atomic E-state index is 0.200. The van der Waals surface area contributed by atoms with Gasteiger partial charge in [-0.05, 0) is 54.6 Å². The third-order valence-electron chi connectivity index (χ3n) is 4.77. The van der Waals surface area contributed by atoms with Crippen LogP contribution in [0.5, 0.6) is 0 Å². The fourth-order valence-electron chi connectivity index (χ4n) is 3.57. The topological polar surface area (TPSA) is 32.8 Å². The lowest BCUT2D eigenvalue weighted by Gasteiger charge is -2.31. The van der Waals surface area contributed by atoms with Gasteiger partial charge in [-0.3, -0.25) is 4.79 Å². The first-order valence-corrected chi connectivity index (χ1v) is 8.04. The number of hydrogen-bond donors (Lipinski definition) is 0. The Hall–Kier alpha value is -1.33. The Bertz CT molecular complexity index is 576. The number of hydrogen-bond acceptors (Lipinski definition) is 3. The fourth-order valence-corrected chi connectivity index (χ4v) is 3.57. The highest BCUT2D eigenvalue weighted by molar-refractivity contribution is 6.04. The molecule has 2 aliphatic heterocycles. The molecular weight excluding hydrogens is 275 g/mol. The standard InChI is InChI=1S/C17H23BN2O2/c1-12-11-19(18)6-5-13-9-14-3-4-17(21)20(7-8-22-2)16(14)10-15(12)13/h9-10,12H,3-8,11H2,1-2H3. The number of benzene rings is 1. The molecule has 2 aliphatic rings. The van der Waals surface area contributed by atoms with Crippen LogP contribution >= 0.6 is 0 Å². The SMILES string of the molecule is [B]N1CCc2cc3c(cc2C(C)C1)N(CCOC)C(=O)CC3. The number of ether oxygens (including phenoxy) is 1. The summed E-state index contributed by atoms with van der Waals surface area (Å²) in [4.78, 5) is 16.1. The average molecular weight is 298 g/mol. The largest absolute Gasteiger partial charge is 0.383 e. The van der Waals surface area contributed by atoms with E-state index in [0.717, 1.165) is 31.6 Å². The van der Waals surface area contributed by atoms with E-state index in [4.69, 9.17) is 12.7 Å². The molecule has 1 unspecified atom stereocenters. The van der Waals surface area contributed by atoms with Crippen LogP contribution < -0.4 is 4.90 Å². The number of aryl methyl sites for hydroxylation is 1. The molecule has 0 fully saturated rings. The molecule has 0 aliphatic carbocycles. The zero-order valence-corrected chi connectivity index (χ0v) is 13.5. The van der Waals surface area contributed by atoms with E-state index < -0.39 is 0 Å². The van der Waals surface area contributed by atoms with Crippen LogP contribution in [-0.2, 0) is 22.4 Å². The highest BCUT2D eigenvalue weighted by atomic mass is 16.5. The zero-order valence-electron chi connectivity index (χ0n) is 13.5. The Morgan fingerprint density at radius 1 is 1.27 bits per heavy atom. The highest BCUT2D eigenvalue weighted by Gasteiger charge is 2.27. The van der Waals surface area contributed by atoms with Crippen LogP contribution in [0.1, 0.15) is 36.0 Å². The smallest absolute Gasteiger partial charge is 0.227 e. The van der Waals surface area contributed by atoms with Gasteiger partial charge in [-0.15, -0.1) is 0 Å². The van der Waals surface area contributed by atoms with Gasteiger partial charge in [0, 0.05) is 25.8 Å². The van der Waals surface area contributed by atoms with Crippen molar-refractivity contribution in [2.24, 2.45) is 0 Å². The number of rotatable bonds is 3. The van der Waals surface area contributed by atoms with E-state index in [1.807, 2.05) is 9.71 Å². The first kappa shape index (κ1) is 15.6. The van der Waals surface area contributed by atoms with Crippen LogP contribution in [0.2, 0.25) is 0 Å². The minimum Gasteiger partial charge on any atom is -0.383 e. The van der Waals surface area contributed by atoms with Crippen molar-refractivity contribution in [3.05, 3.63) is 28.8 Å². The van der Waals surface area contributed by atoms with Gasteiger partial charge in [0.2, 0.25) is 5.91 Å². The van der Waals surface area contributed by atoms with Gasteiger partial charge in [-0.1, -0.05) is 13.0 Å². The molecular formula is C17H23BN2O2. The lowest BCUT2D eigenvalue weighted by molar-refractivity contribution is -0.119. The van der Waals surface area contributed by atoms with Crippen molar-refractivity contribution < 1.29 is 9.53 Å². The van der Waals surface area contributed by atoms with E-state index >= 15 is 0 Å². The minimum atomic E-state index is 0.200. The van der Waals surface area contributed by atoms with Crippen molar-refractivity contribution in [1.29, 1.82) is 0 Å². The highest BCUT2D eigenvalue weighted by Crippen LogP contribution is 2.35. The molecule has 22 heavy (non-hydrogen) atoms. The van der Waals surface area contributed by atoms with Crippen molar-refractivity contribution >= 4 is 19.6 Å². The predicted octanol–water partition coefficient (Wildman–Crippen LogP) is 1.66. The predicted molar refractivity (Wildman–Crippen MR) is 88.4 cm³/mol. The van der Waals surface area contributed by atoms with E-state index in [2.05, 4.69) is 19.1 Å². The van der Waals surface area contributed by atoms with E-state index in [-0.39, 0.29) is 5.91 Å². The Labute approximate surface area is 133 Å². The first-order valence-electron chi connectivity index (χ1n) is 8.04. The molecule has 0 spiro atoms. The monoisotopic (exact) mass is 298 g/mol. The lowest BCUT2D eigenvalue weighted by Crippen LogP contribution is -2.37. The van der Waals surface area contributed by atoms with Crippen molar-refractivity contribution in [2.45, 2.75) is 32.1 Å². The zero-order chi connectivity index (χ0) is 15.7. The summed E-state index contributed by atoms with van der Waals surface area (Å²) in [6.07, 6.45) is 2.41. The van der Waals surface area contributed by atoms with E-state index in [1.165, 1.54) is 16.7 Å². The van der Waals surface area contributed by atoms with Crippen LogP contribution in [0.25, 0.3) is 0 Å². The van der Waals surface area contributed by atoms with Gasteiger partial charge >= 0.3 is 0 Å². The Balaban J connectivity index is 1.99. The molecule has 4 nitrogen and oxygen atoms in total. The summed E-state index contributed by atoms with van der Waals surface area (Å²) in [7, 11) is 7.70. The van der Waals surface area contributed by atoms with Crippen molar-refractivity contribution in [3.63, 3.8) is 0 Å². The molecule has 0 bridgehead atoms. The van der Waals surface area contributed by atoms with Crippen molar-refractivity contribution in [1.82, 2.24) is 4.81 Å². The Morgan fingerprint density at radius 3 is 2.86 bits per heavy atom. The second kappa shape index (κ2) is 6.43. The van der Waals surface area contributed by atoms with Gasteiger partial charge in [0.15, 0.2) is 7.98 Å². The lowest BCUT2D eigenvalue weighted by atomic mass is 9.89. The van der Waals surface area contributed by atoms with Gasteiger partial charge in [0.25, 0.3) is 0 Å². The third-order valence-corrected chi connectivity index (χ3v) is 4.77. The average Bonchev–Trinajstić information content (AvgIpc) is 2.64. The Kier molecular flexibility index (Phi) is 4.55. The summed E-state index contributed by atoms with van der Waals surface area (Å²) in [6.45, 7) is 5.15. The normalized spacial score (nSPS) is 22.2. The quantitative estimate of drug-likeness (QED) is 0.796. The van der Waals surface area contributed by atoms with Crippen molar-refractivity contribution in [2.75, 3.05) is 38.3 Å². The number of nitrogens with zero attached hydrogens (tertiary/aromatic N) is 2. The maximum atomic E-state index is 12.3. The molecule has 2 heterocycles. The summed E-state index contributed by atoms with van der Waals surface area (Å²) in [5.74, 6) is 0.584. The summed E-state index contributed by atoms with van der Waals surface area (Å²) in [5.41, 5.74) is 5.08. The number of carbonyl (C=O) groups excluding carboxylic acids is 1. The number of fused-ring (bicyclic) bond motifs is 2. The fraction of sp³-hybridized carbons (Fsp3) is 0.588. The number of amides is 1. The first-order chi connectivity index (χ1) is 10.6. The van der Waals surface area contributed by atoms with Gasteiger partial charge in [-0.25, -0.2) is 0 Å². The maximum absolute atomic E-state index is 12.3. The number of carbonyl (C=O) groups is 1. The van der Waals surface area contributed by atoms with Crippen LogP contribution in [0.15, 0.2) is 12.1 Å². The van der Waals surface area contributed by atoms with Crippen LogP contribution in [0.3, 0.4) is 0 Å². The number of methoxy groups -OCH3 is 1. The summed E-state index contributed by atoms with van der Waals surface area (Å²) < 4.78 is 5.16. The molecule has 1 aromatic carbocycles. The second-order valence-corrected chi connectivity index (χ2v) is 6.36. The van der Waals surface area contributed by atoms with Gasteiger partial charge in [-0.2, -0.15) is 0 Å². The molecule has 1 atom stereocenters. The van der Waals surface area contributed by atoms with Crippen molar-refractivity contribution in [3.8, 4) is 0 Å². The second-order valence-electron chi connectivity index (χ2n) is 6.36. The van der Waals surface area contributed by atoms with Crippen LogP contribution in [0, 0.1) is 0 Å². The summed E-state index contributed by atoms with van der Waals surface area (Å²) in [6, 6.07) is 4.52. The Morgan fingerprint density at radius 2 is 2.09 bits per heavy atom. The van der Waals surface area contributed by atoms with Gasteiger partial charge in [0.05, 0.1) is 6.61 Å². The van der Waals surface area contributed by atoms with Gasteiger partial charge < -0.3 is 14.4 Å². The number of anilines is 1. The van der Waals surface area contributed by atoms with E-state index in [9.17, 15) is 4.79 Å². The van der Waals surface area contributed by atoms with Gasteiger partial charge in [0.1, 0.15) is 0 Å². The molecule has 0 aromatic heterocycles. The third kappa shape index (κ3) is 2.92. The summed E-state index contributed by atoms with van der Waals surface area (Å²) in [5, 5.41) is 0.